The Morgan fingerprint density at radius 1 is 1.24 bits per heavy atom. The second-order valence-electron chi connectivity index (χ2n) is 6.03. The lowest BCUT2D eigenvalue weighted by molar-refractivity contribution is 0.235. The third-order valence-corrected chi connectivity index (χ3v) is 4.57. The molecule has 0 saturated carbocycles. The van der Waals surface area contributed by atoms with Crippen LogP contribution in [-0.2, 0) is 17.6 Å². The predicted molar refractivity (Wildman–Crippen MR) is 97.7 cm³/mol. The van der Waals surface area contributed by atoms with Gasteiger partial charge in [-0.25, -0.2) is 9.98 Å². The molecule has 2 aliphatic rings. The summed E-state index contributed by atoms with van der Waals surface area (Å²) in [4.78, 5) is 13.3. The molecule has 0 radical (unpaired) electrons. The Morgan fingerprint density at radius 2 is 2.08 bits per heavy atom. The molecule has 4 rings (SSSR count). The summed E-state index contributed by atoms with van der Waals surface area (Å²) in [5, 5.41) is 0. The molecule has 132 valence electrons. The lowest BCUT2D eigenvalue weighted by Crippen LogP contribution is -2.35. The van der Waals surface area contributed by atoms with Gasteiger partial charge in [-0.3, -0.25) is 4.98 Å². The third kappa shape index (κ3) is 3.29. The summed E-state index contributed by atoms with van der Waals surface area (Å²) in [7, 11) is 1.59. The van der Waals surface area contributed by atoms with Gasteiger partial charge in [-0.15, -0.1) is 0 Å². The molecule has 1 spiro atoms. The molecule has 0 amide bonds. The van der Waals surface area contributed by atoms with Crippen molar-refractivity contribution in [2.45, 2.75) is 38.6 Å². The van der Waals surface area contributed by atoms with Gasteiger partial charge < -0.3 is 15.2 Å². The van der Waals surface area contributed by atoms with Crippen LogP contribution in [0.15, 0.2) is 35.6 Å². The summed E-state index contributed by atoms with van der Waals surface area (Å²) in [5.41, 5.74) is 9.98. The van der Waals surface area contributed by atoms with Crippen molar-refractivity contribution in [1.29, 1.82) is 0 Å². The quantitative estimate of drug-likeness (QED) is 0.909. The number of amidine groups is 1. The number of nitrogens with two attached hydrogens (primary N) is 1. The Kier molecular flexibility index (Phi) is 4.88. The number of aromatic nitrogens is 2. The van der Waals surface area contributed by atoms with E-state index in [2.05, 4.69) is 33.2 Å². The fourth-order valence-corrected chi connectivity index (χ4v) is 3.40. The van der Waals surface area contributed by atoms with Gasteiger partial charge in [0, 0.05) is 12.0 Å². The van der Waals surface area contributed by atoms with E-state index in [1.165, 1.54) is 11.1 Å². The zero-order valence-corrected chi connectivity index (χ0v) is 15.0. The molecule has 2 N–H and O–H groups in total. The van der Waals surface area contributed by atoms with Crippen LogP contribution >= 0.6 is 0 Å². The second-order valence-corrected chi connectivity index (χ2v) is 6.03. The first-order valence-electron chi connectivity index (χ1n) is 8.64. The zero-order valence-electron chi connectivity index (χ0n) is 15.0. The molecule has 0 bridgehead atoms. The van der Waals surface area contributed by atoms with Gasteiger partial charge in [0.15, 0.2) is 0 Å². The average molecular weight is 340 g/mol. The van der Waals surface area contributed by atoms with Crippen LogP contribution in [0, 0.1) is 0 Å². The Balaban J connectivity index is 0.000000880. The lowest BCUT2D eigenvalue weighted by atomic mass is 9.77. The van der Waals surface area contributed by atoms with Gasteiger partial charge in [-0.05, 0) is 24.0 Å². The summed E-state index contributed by atoms with van der Waals surface area (Å²) < 4.78 is 10.6. The Labute approximate surface area is 148 Å². The molecule has 0 fully saturated rings. The maximum atomic E-state index is 5.74. The van der Waals surface area contributed by atoms with Crippen molar-refractivity contribution >= 4 is 6.02 Å². The fraction of sp³-hybridized carbons (Fsp3) is 0.421. The van der Waals surface area contributed by atoms with Gasteiger partial charge in [-0.2, -0.15) is 0 Å². The first-order chi connectivity index (χ1) is 12.2. The molecule has 0 saturated heterocycles. The van der Waals surface area contributed by atoms with Crippen molar-refractivity contribution in [3.8, 4) is 17.1 Å². The second kappa shape index (κ2) is 7.09. The molecular formula is C19H24N4O2. The first-order valence-corrected chi connectivity index (χ1v) is 8.64. The van der Waals surface area contributed by atoms with Crippen LogP contribution in [-0.4, -0.2) is 35.2 Å². The van der Waals surface area contributed by atoms with Crippen molar-refractivity contribution < 1.29 is 9.47 Å². The number of hydrogen-bond donors (Lipinski definition) is 1. The van der Waals surface area contributed by atoms with Crippen molar-refractivity contribution in [3.05, 3.63) is 41.7 Å². The van der Waals surface area contributed by atoms with Gasteiger partial charge in [0.1, 0.15) is 12.1 Å². The summed E-state index contributed by atoms with van der Waals surface area (Å²) in [6.45, 7) is 4.55. The van der Waals surface area contributed by atoms with E-state index in [0.717, 1.165) is 30.5 Å². The highest BCUT2D eigenvalue weighted by molar-refractivity contribution is 5.74. The van der Waals surface area contributed by atoms with E-state index in [0.29, 0.717) is 18.5 Å². The van der Waals surface area contributed by atoms with Gasteiger partial charge in [0.2, 0.25) is 5.88 Å². The SMILES string of the molecule is CC.COc1cncc(-c2cccc3c2CC2(CC3)COC(N)=N2)n1. The number of nitrogens with zero attached hydrogens (tertiary/aromatic N) is 3. The van der Waals surface area contributed by atoms with Crippen LogP contribution in [0.5, 0.6) is 5.88 Å². The summed E-state index contributed by atoms with van der Waals surface area (Å²) in [6.07, 6.45) is 6.09. The number of ether oxygens (including phenoxy) is 2. The minimum Gasteiger partial charge on any atom is -0.480 e. The largest absolute Gasteiger partial charge is 0.480 e. The summed E-state index contributed by atoms with van der Waals surface area (Å²) in [5.74, 6) is 0.511. The van der Waals surface area contributed by atoms with Crippen molar-refractivity contribution in [3.63, 3.8) is 0 Å². The monoisotopic (exact) mass is 340 g/mol. The molecular weight excluding hydrogens is 316 g/mol. The van der Waals surface area contributed by atoms with Crippen LogP contribution in [0.25, 0.3) is 11.3 Å². The smallest absolute Gasteiger partial charge is 0.282 e. The van der Waals surface area contributed by atoms with Crippen LogP contribution in [0.4, 0.5) is 0 Å². The predicted octanol–water partition coefficient (Wildman–Crippen LogP) is 2.75. The maximum Gasteiger partial charge on any atom is 0.282 e. The van der Waals surface area contributed by atoms with E-state index >= 15 is 0 Å². The zero-order chi connectivity index (χ0) is 17.9. The average Bonchev–Trinajstić information content (AvgIpc) is 3.03. The van der Waals surface area contributed by atoms with Gasteiger partial charge >= 0.3 is 0 Å². The van der Waals surface area contributed by atoms with Crippen LogP contribution < -0.4 is 10.5 Å². The standard InChI is InChI=1S/C17H18N4O2.C2H6/c1-22-15-9-19-8-14(20-15)12-4-2-3-11-5-6-17(7-13(11)12)10-23-16(18)21-17;1-2/h2-4,8-9H,5-7,10H2,1H3,(H2,18,21);1-2H3. The molecule has 1 aromatic carbocycles. The normalized spacial score (nSPS) is 20.8. The Hall–Kier alpha value is -2.63. The molecule has 6 heteroatoms. The highest BCUT2D eigenvalue weighted by Crippen LogP contribution is 2.38. The van der Waals surface area contributed by atoms with Crippen LogP contribution in [0.2, 0.25) is 0 Å². The molecule has 1 aliphatic heterocycles. The van der Waals surface area contributed by atoms with Crippen LogP contribution in [0.1, 0.15) is 31.4 Å². The van der Waals surface area contributed by atoms with Crippen LogP contribution in [0.3, 0.4) is 0 Å². The van der Waals surface area contributed by atoms with Gasteiger partial charge in [0.25, 0.3) is 6.02 Å². The van der Waals surface area contributed by atoms with E-state index in [4.69, 9.17) is 15.2 Å². The van der Waals surface area contributed by atoms with E-state index in [1.807, 2.05) is 13.8 Å². The third-order valence-electron chi connectivity index (χ3n) is 4.57. The van der Waals surface area contributed by atoms with Crippen molar-refractivity contribution in [2.75, 3.05) is 13.7 Å². The first kappa shape index (κ1) is 17.2. The highest BCUT2D eigenvalue weighted by Gasteiger charge is 2.40. The number of hydrogen-bond acceptors (Lipinski definition) is 6. The molecule has 2 heterocycles. The molecule has 2 aromatic rings. The number of methoxy groups -OCH3 is 1. The number of aryl methyl sites for hydroxylation is 1. The number of benzene rings is 1. The summed E-state index contributed by atoms with van der Waals surface area (Å²) >= 11 is 0. The molecule has 6 nitrogen and oxygen atoms in total. The number of aliphatic imine (C=N–C) groups is 1. The van der Waals surface area contributed by atoms with Crippen molar-refractivity contribution in [2.24, 2.45) is 10.7 Å². The maximum absolute atomic E-state index is 5.74. The summed E-state index contributed by atoms with van der Waals surface area (Å²) in [6, 6.07) is 6.61. The number of fused-ring (bicyclic) bond motifs is 1. The molecule has 1 unspecified atom stereocenters. The Bertz CT molecular complexity index is 791. The molecule has 25 heavy (non-hydrogen) atoms. The topological polar surface area (TPSA) is 82.6 Å². The van der Waals surface area contributed by atoms with E-state index in [-0.39, 0.29) is 5.54 Å². The van der Waals surface area contributed by atoms with Gasteiger partial charge in [0.05, 0.1) is 25.2 Å². The minimum absolute atomic E-state index is 0.237. The Morgan fingerprint density at radius 3 is 2.80 bits per heavy atom. The number of rotatable bonds is 2. The fourth-order valence-electron chi connectivity index (χ4n) is 3.40. The molecule has 1 aliphatic carbocycles. The van der Waals surface area contributed by atoms with E-state index in [9.17, 15) is 0 Å². The van der Waals surface area contributed by atoms with E-state index in [1.54, 1.807) is 19.5 Å². The molecule has 1 atom stereocenters. The van der Waals surface area contributed by atoms with Crippen molar-refractivity contribution in [1.82, 2.24) is 9.97 Å². The van der Waals surface area contributed by atoms with E-state index < -0.39 is 0 Å². The minimum atomic E-state index is -0.237. The molecule has 1 aromatic heterocycles. The van der Waals surface area contributed by atoms with Gasteiger partial charge in [-0.1, -0.05) is 32.0 Å². The highest BCUT2D eigenvalue weighted by atomic mass is 16.5. The lowest BCUT2D eigenvalue weighted by Gasteiger charge is -2.31.